The van der Waals surface area contributed by atoms with Gasteiger partial charge in [0.2, 0.25) is 0 Å². The smallest absolute Gasteiger partial charge is 0.396 e. The number of aliphatic hydroxyl groups excluding tert-OH is 2. The zero-order chi connectivity index (χ0) is 41.7. The van der Waals surface area contributed by atoms with Crippen molar-refractivity contribution < 1.29 is 71.2 Å². The van der Waals surface area contributed by atoms with E-state index in [0.29, 0.717) is 32.1 Å². The summed E-state index contributed by atoms with van der Waals surface area (Å²) < 4.78 is 138. The molecule has 2 N–H and O–H groups in total. The number of aliphatic hydroxyl groups is 2. The van der Waals surface area contributed by atoms with E-state index in [1.54, 1.807) is 6.92 Å². The summed E-state index contributed by atoms with van der Waals surface area (Å²) in [6.45, 7) is 21.8. The van der Waals surface area contributed by atoms with Crippen LogP contribution in [0.3, 0.4) is 0 Å². The zero-order valence-electron chi connectivity index (χ0n) is 31.6. The SMILES string of the molecule is C=C1C[C@H](CCCC)OC1CC[C@@H](C)C[C@@H](C)C(=C)OS(=O)(=O)C(F)(F)F.C=C1C[C@H](CCCO)OC1CC[C@@H](O)C[C@@H](C)C(=C)OS(=O)(=O)C(F)(F)F. The lowest BCUT2D eigenvalue weighted by molar-refractivity contribution is -0.0531. The molecule has 10 nitrogen and oxygen atoms in total. The van der Waals surface area contributed by atoms with Crippen molar-refractivity contribution in [2.75, 3.05) is 6.61 Å². The fourth-order valence-corrected chi connectivity index (χ4v) is 7.15. The summed E-state index contributed by atoms with van der Waals surface area (Å²) in [6.07, 6.45) is 8.21. The lowest BCUT2D eigenvalue weighted by Crippen LogP contribution is -2.27. The van der Waals surface area contributed by atoms with Crippen molar-refractivity contribution in [3.8, 4) is 0 Å². The van der Waals surface area contributed by atoms with Gasteiger partial charge in [0.15, 0.2) is 0 Å². The summed E-state index contributed by atoms with van der Waals surface area (Å²) in [7, 11) is -11.4. The number of rotatable bonds is 22. The molecule has 54 heavy (non-hydrogen) atoms. The van der Waals surface area contributed by atoms with Crippen molar-refractivity contribution in [3.63, 3.8) is 0 Å². The third-order valence-electron chi connectivity index (χ3n) is 9.33. The van der Waals surface area contributed by atoms with Gasteiger partial charge in [-0.1, -0.05) is 66.9 Å². The van der Waals surface area contributed by atoms with E-state index in [2.05, 4.69) is 41.6 Å². The van der Waals surface area contributed by atoms with E-state index in [4.69, 9.17) is 14.6 Å². The topological polar surface area (TPSA) is 146 Å². The molecule has 2 heterocycles. The maximum atomic E-state index is 12.4. The zero-order valence-corrected chi connectivity index (χ0v) is 33.2. The van der Waals surface area contributed by atoms with Gasteiger partial charge in [-0.3, -0.25) is 0 Å². The van der Waals surface area contributed by atoms with E-state index in [1.165, 1.54) is 6.92 Å². The van der Waals surface area contributed by atoms with Crippen LogP contribution < -0.4 is 0 Å². The van der Waals surface area contributed by atoms with Gasteiger partial charge in [0.1, 0.15) is 11.5 Å². The number of ether oxygens (including phenoxy) is 2. The molecule has 2 fully saturated rings. The molecule has 0 aromatic heterocycles. The summed E-state index contributed by atoms with van der Waals surface area (Å²) in [6, 6.07) is 0. The van der Waals surface area contributed by atoms with Crippen LogP contribution in [0, 0.1) is 17.8 Å². The van der Waals surface area contributed by atoms with E-state index < -0.39 is 55.0 Å². The normalized spacial score (nSPS) is 23.3. The Morgan fingerprint density at radius 3 is 1.57 bits per heavy atom. The molecule has 2 saturated heterocycles. The first-order valence-electron chi connectivity index (χ1n) is 18.1. The van der Waals surface area contributed by atoms with Gasteiger partial charge in [0, 0.05) is 18.4 Å². The third-order valence-corrected chi connectivity index (χ3v) is 11.3. The number of allylic oxidation sites excluding steroid dienone is 2. The highest BCUT2D eigenvalue weighted by Gasteiger charge is 2.50. The molecule has 2 aliphatic heterocycles. The molecule has 8 atom stereocenters. The second kappa shape index (κ2) is 22.0. The van der Waals surface area contributed by atoms with Crippen molar-refractivity contribution in [1.29, 1.82) is 0 Å². The molecule has 2 aliphatic rings. The van der Waals surface area contributed by atoms with Crippen LogP contribution >= 0.6 is 0 Å². The molecule has 316 valence electrons. The number of alkyl halides is 6. The molecule has 0 radical (unpaired) electrons. The Hall–Kier alpha value is -2.12. The standard InChI is InChI=1S/C19H31F3O4S.C17H27F3O6S/c1-6-7-8-17-12-15(4)18(25-17)10-9-13(2)11-14(3)16(5)26-27(23,24)19(20,21)22;1-11(13(3)26-27(23,24)17(18,19)20)9-14(22)6-7-16-12(2)10-15(25-16)5-4-8-21/h13-14,17-18H,4-12H2,1-3H3;11,14-16,21-22H,2-10H2,1H3/t13-,14-,17+,18?;11-,14-,15+,16?/m11/s1. The lowest BCUT2D eigenvalue weighted by Gasteiger charge is -2.21. The Morgan fingerprint density at radius 1 is 0.759 bits per heavy atom. The van der Waals surface area contributed by atoms with Crippen molar-refractivity contribution >= 4 is 20.2 Å². The van der Waals surface area contributed by atoms with Crippen LogP contribution in [0.1, 0.15) is 111 Å². The van der Waals surface area contributed by atoms with Gasteiger partial charge in [-0.05, 0) is 87.7 Å². The Balaban J connectivity index is 0.000000540. The average molecular weight is 829 g/mol. The molecule has 0 spiro atoms. The molecule has 0 aliphatic carbocycles. The molecule has 0 saturated carbocycles. The first-order valence-corrected chi connectivity index (χ1v) is 20.9. The summed E-state index contributed by atoms with van der Waals surface area (Å²) in [5.41, 5.74) is -8.97. The number of unbranched alkanes of at least 4 members (excludes halogenated alkanes) is 1. The maximum absolute atomic E-state index is 12.4. The molecular weight excluding hydrogens is 771 g/mol. The van der Waals surface area contributed by atoms with Gasteiger partial charge in [-0.2, -0.15) is 43.2 Å². The molecule has 18 heteroatoms. The number of hydrogen-bond donors (Lipinski definition) is 2. The van der Waals surface area contributed by atoms with Gasteiger partial charge in [0.05, 0.1) is 30.5 Å². The molecular formula is C36H58F6O10S2. The summed E-state index contributed by atoms with van der Waals surface area (Å²) in [4.78, 5) is 0. The average Bonchev–Trinajstić information content (AvgIpc) is 3.59. The number of halogens is 6. The summed E-state index contributed by atoms with van der Waals surface area (Å²) in [5, 5.41) is 18.9. The van der Waals surface area contributed by atoms with Crippen LogP contribution in [0.25, 0.3) is 0 Å². The van der Waals surface area contributed by atoms with Gasteiger partial charge >= 0.3 is 31.3 Å². The van der Waals surface area contributed by atoms with Crippen molar-refractivity contribution in [2.24, 2.45) is 17.8 Å². The Labute approximate surface area is 316 Å². The minimum absolute atomic E-state index is 0.000647. The molecule has 0 aromatic carbocycles. The third kappa shape index (κ3) is 16.9. The van der Waals surface area contributed by atoms with Crippen LogP contribution in [-0.4, -0.2) is 75.2 Å². The Morgan fingerprint density at radius 2 is 1.17 bits per heavy atom. The largest absolute Gasteiger partial charge is 0.534 e. The predicted molar refractivity (Wildman–Crippen MR) is 192 cm³/mol. The maximum Gasteiger partial charge on any atom is 0.534 e. The first kappa shape index (κ1) is 49.9. The minimum atomic E-state index is -5.75. The second-order valence-corrected chi connectivity index (χ2v) is 17.4. The van der Waals surface area contributed by atoms with Crippen LogP contribution in [0.4, 0.5) is 26.3 Å². The van der Waals surface area contributed by atoms with Crippen molar-refractivity contribution in [3.05, 3.63) is 49.0 Å². The summed E-state index contributed by atoms with van der Waals surface area (Å²) in [5.74, 6) is -2.11. The monoisotopic (exact) mass is 828 g/mol. The van der Waals surface area contributed by atoms with Gasteiger partial charge in [-0.25, -0.2) is 0 Å². The highest BCUT2D eigenvalue weighted by Crippen LogP contribution is 2.35. The summed E-state index contributed by atoms with van der Waals surface area (Å²) >= 11 is 0. The van der Waals surface area contributed by atoms with Crippen LogP contribution in [-0.2, 0) is 38.1 Å². The van der Waals surface area contributed by atoms with E-state index in [-0.39, 0.29) is 49.1 Å². The van der Waals surface area contributed by atoms with Gasteiger partial charge in [0.25, 0.3) is 0 Å². The molecule has 0 bridgehead atoms. The lowest BCUT2D eigenvalue weighted by atomic mass is 9.91. The van der Waals surface area contributed by atoms with Crippen molar-refractivity contribution in [1.82, 2.24) is 0 Å². The predicted octanol–water partition coefficient (Wildman–Crippen LogP) is 8.73. The highest BCUT2D eigenvalue weighted by atomic mass is 32.2. The Bertz CT molecular complexity index is 1340. The second-order valence-electron chi connectivity index (χ2n) is 14.3. The number of hydrogen-bond acceptors (Lipinski definition) is 10. The highest BCUT2D eigenvalue weighted by molar-refractivity contribution is 7.88. The van der Waals surface area contributed by atoms with E-state index >= 15 is 0 Å². The molecule has 0 amide bonds. The quantitative estimate of drug-likeness (QED) is 0.0357. The van der Waals surface area contributed by atoms with Gasteiger partial charge in [-0.15, -0.1) is 0 Å². The van der Waals surface area contributed by atoms with E-state index in [0.717, 1.165) is 56.1 Å². The molecule has 0 aromatic rings. The Kier molecular flexibility index (Phi) is 20.3. The fraction of sp³-hybridized carbons (Fsp3) is 0.778. The van der Waals surface area contributed by atoms with Crippen molar-refractivity contribution in [2.45, 2.75) is 153 Å². The van der Waals surface area contributed by atoms with Crippen LogP contribution in [0.5, 0.6) is 0 Å². The molecule has 2 unspecified atom stereocenters. The fourth-order valence-electron chi connectivity index (χ4n) is 6.07. The van der Waals surface area contributed by atoms with Gasteiger partial charge < -0.3 is 28.1 Å². The van der Waals surface area contributed by atoms with E-state index in [1.807, 2.05) is 6.92 Å². The van der Waals surface area contributed by atoms with E-state index in [9.17, 15) is 48.3 Å². The molecule has 2 rings (SSSR count). The minimum Gasteiger partial charge on any atom is -0.396 e. The first-order chi connectivity index (χ1) is 24.7. The van der Waals surface area contributed by atoms with Crippen LogP contribution in [0.2, 0.25) is 0 Å². The van der Waals surface area contributed by atoms with Crippen LogP contribution in [0.15, 0.2) is 49.0 Å².